The van der Waals surface area contributed by atoms with E-state index in [1.807, 2.05) is 36.4 Å². The maximum absolute atomic E-state index is 12.9. The van der Waals surface area contributed by atoms with Gasteiger partial charge < -0.3 is 14.7 Å². The van der Waals surface area contributed by atoms with Crippen molar-refractivity contribution in [2.75, 3.05) is 11.9 Å². The molecule has 3 rings (SSSR count). The van der Waals surface area contributed by atoms with Crippen molar-refractivity contribution in [1.29, 1.82) is 0 Å². The molecule has 1 aromatic carbocycles. The Hall–Kier alpha value is -2.34. The molecular formula is C20H23NO4S. The summed E-state index contributed by atoms with van der Waals surface area (Å²) in [5, 5.41) is 9.28. The van der Waals surface area contributed by atoms with Crippen molar-refractivity contribution in [3.05, 3.63) is 36.4 Å². The Balaban J connectivity index is 1.88. The molecule has 1 heterocycles. The van der Waals surface area contributed by atoms with Crippen LogP contribution in [0.5, 0.6) is 5.06 Å². The first-order valence-corrected chi connectivity index (χ1v) is 9.65. The lowest BCUT2D eigenvalue weighted by Crippen LogP contribution is -2.34. The summed E-state index contributed by atoms with van der Waals surface area (Å²) in [6.07, 6.45) is 2.51. The first-order chi connectivity index (χ1) is 12.5. The van der Waals surface area contributed by atoms with Gasteiger partial charge in [-0.25, -0.2) is 4.79 Å². The maximum atomic E-state index is 12.9. The number of anilines is 1. The van der Waals surface area contributed by atoms with Crippen LogP contribution in [0.15, 0.2) is 36.4 Å². The van der Waals surface area contributed by atoms with Gasteiger partial charge in [-0.1, -0.05) is 48.6 Å². The summed E-state index contributed by atoms with van der Waals surface area (Å²) in [5.74, 6) is 0.694. The third-order valence-electron chi connectivity index (χ3n) is 4.97. The Kier molecular flexibility index (Phi) is 5.61. The number of rotatable bonds is 4. The van der Waals surface area contributed by atoms with Gasteiger partial charge in [0.1, 0.15) is 0 Å². The molecule has 5 nitrogen and oxygen atoms in total. The summed E-state index contributed by atoms with van der Waals surface area (Å²) in [6.45, 7) is 2.22. The molecule has 0 unspecified atom stereocenters. The summed E-state index contributed by atoms with van der Waals surface area (Å²) >= 11 is 1.24. The zero-order valence-electron chi connectivity index (χ0n) is 15.0. The van der Waals surface area contributed by atoms with Gasteiger partial charge in [0.25, 0.3) is 0 Å². The minimum absolute atomic E-state index is 0.00560. The van der Waals surface area contributed by atoms with Crippen LogP contribution in [0.1, 0.15) is 32.6 Å². The molecule has 1 aliphatic carbocycles. The van der Waals surface area contributed by atoms with Gasteiger partial charge in [-0.05, 0) is 43.2 Å². The standard InChI is InChI=1S/C20H23NO4S/c1-13-8-10-15(11-9-13)18(22)21(2)16-12-17(14-6-4-3-5-7-14)26-19(16)25-20(23)24/h3-7,12-13,15H,8-11H2,1-2H3,(H,23,24). The summed E-state index contributed by atoms with van der Waals surface area (Å²) in [6, 6.07) is 11.5. The van der Waals surface area contributed by atoms with Crippen molar-refractivity contribution in [3.63, 3.8) is 0 Å². The first-order valence-electron chi connectivity index (χ1n) is 8.83. The van der Waals surface area contributed by atoms with E-state index in [4.69, 9.17) is 9.84 Å². The van der Waals surface area contributed by atoms with Crippen LogP contribution in [0.3, 0.4) is 0 Å². The van der Waals surface area contributed by atoms with Crippen LogP contribution in [0, 0.1) is 11.8 Å². The van der Waals surface area contributed by atoms with Gasteiger partial charge in [0.2, 0.25) is 11.0 Å². The van der Waals surface area contributed by atoms with E-state index in [0.29, 0.717) is 11.6 Å². The molecule has 6 heteroatoms. The number of carboxylic acid groups (broad SMARTS) is 1. The SMILES string of the molecule is CC1CCC(C(=O)N(C)c2cc(-c3ccccc3)sc2OC(=O)O)CC1. The monoisotopic (exact) mass is 373 g/mol. The molecule has 1 amide bonds. The van der Waals surface area contributed by atoms with Crippen LogP contribution < -0.4 is 9.64 Å². The predicted molar refractivity (Wildman–Crippen MR) is 103 cm³/mol. The first kappa shape index (κ1) is 18.5. The Bertz CT molecular complexity index is 778. The van der Waals surface area contributed by atoms with E-state index in [-0.39, 0.29) is 16.9 Å². The predicted octanol–water partition coefficient (Wildman–Crippen LogP) is 5.26. The summed E-state index contributed by atoms with van der Waals surface area (Å²) < 4.78 is 4.96. The fraction of sp³-hybridized carbons (Fsp3) is 0.400. The fourth-order valence-corrected chi connectivity index (χ4v) is 4.43. The van der Waals surface area contributed by atoms with Crippen molar-refractivity contribution in [1.82, 2.24) is 0 Å². The number of amides is 1. The van der Waals surface area contributed by atoms with Gasteiger partial charge in [0, 0.05) is 17.8 Å². The number of carbonyl (C=O) groups excluding carboxylic acids is 1. The van der Waals surface area contributed by atoms with Crippen molar-refractivity contribution in [2.24, 2.45) is 11.8 Å². The molecule has 0 aliphatic heterocycles. The minimum atomic E-state index is -1.37. The van der Waals surface area contributed by atoms with E-state index >= 15 is 0 Å². The van der Waals surface area contributed by atoms with Crippen molar-refractivity contribution in [2.45, 2.75) is 32.6 Å². The molecule has 0 saturated heterocycles. The number of nitrogens with zero attached hydrogens (tertiary/aromatic N) is 1. The van der Waals surface area contributed by atoms with Crippen LogP contribution in [-0.4, -0.2) is 24.2 Å². The molecule has 1 saturated carbocycles. The molecule has 1 fully saturated rings. The molecule has 0 bridgehead atoms. The van der Waals surface area contributed by atoms with Gasteiger partial charge in [0.05, 0.1) is 5.69 Å². The van der Waals surface area contributed by atoms with Gasteiger partial charge in [-0.15, -0.1) is 0 Å². The second kappa shape index (κ2) is 7.91. The van der Waals surface area contributed by atoms with Gasteiger partial charge in [-0.3, -0.25) is 4.79 Å². The smallest absolute Gasteiger partial charge is 0.449 e. The Labute approximate surface area is 157 Å². The molecule has 2 aromatic rings. The second-order valence-corrected chi connectivity index (χ2v) is 7.89. The second-order valence-electron chi connectivity index (χ2n) is 6.87. The Morgan fingerprint density at radius 1 is 1.15 bits per heavy atom. The number of carbonyl (C=O) groups is 2. The number of hydrogen-bond acceptors (Lipinski definition) is 4. The highest BCUT2D eigenvalue weighted by Gasteiger charge is 2.29. The number of hydrogen-bond donors (Lipinski definition) is 1. The zero-order chi connectivity index (χ0) is 18.7. The summed E-state index contributed by atoms with van der Waals surface area (Å²) in [5.41, 5.74) is 1.48. The average Bonchev–Trinajstić information content (AvgIpc) is 3.05. The highest BCUT2D eigenvalue weighted by atomic mass is 32.1. The van der Waals surface area contributed by atoms with Crippen molar-refractivity contribution in [3.8, 4) is 15.5 Å². The molecule has 138 valence electrons. The topological polar surface area (TPSA) is 66.8 Å². The maximum Gasteiger partial charge on any atom is 0.512 e. The van der Waals surface area contributed by atoms with Crippen LogP contribution >= 0.6 is 11.3 Å². The molecule has 0 atom stereocenters. The lowest BCUT2D eigenvalue weighted by molar-refractivity contribution is -0.123. The van der Waals surface area contributed by atoms with E-state index in [0.717, 1.165) is 36.1 Å². The van der Waals surface area contributed by atoms with Crippen molar-refractivity contribution < 1.29 is 19.4 Å². The van der Waals surface area contributed by atoms with Crippen LogP contribution in [-0.2, 0) is 4.79 Å². The van der Waals surface area contributed by atoms with Gasteiger partial charge >= 0.3 is 6.16 Å². The third-order valence-corrected chi connectivity index (χ3v) is 6.03. The molecule has 1 aromatic heterocycles. The number of thiophene rings is 1. The van der Waals surface area contributed by atoms with E-state index in [1.165, 1.54) is 11.3 Å². The zero-order valence-corrected chi connectivity index (χ0v) is 15.8. The quantitative estimate of drug-likeness (QED) is 0.742. The fourth-order valence-electron chi connectivity index (χ4n) is 3.40. The molecular weight excluding hydrogens is 350 g/mol. The average molecular weight is 373 g/mol. The van der Waals surface area contributed by atoms with Crippen LogP contribution in [0.4, 0.5) is 10.5 Å². The van der Waals surface area contributed by atoms with E-state index < -0.39 is 6.16 Å². The summed E-state index contributed by atoms with van der Waals surface area (Å²) in [7, 11) is 1.70. The number of ether oxygens (including phenoxy) is 1. The van der Waals surface area contributed by atoms with Gasteiger partial charge in [-0.2, -0.15) is 0 Å². The third kappa shape index (κ3) is 4.07. The van der Waals surface area contributed by atoms with Gasteiger partial charge in [0.15, 0.2) is 0 Å². The van der Waals surface area contributed by atoms with Crippen LogP contribution in [0.2, 0.25) is 0 Å². The highest BCUT2D eigenvalue weighted by molar-refractivity contribution is 7.18. The van der Waals surface area contributed by atoms with E-state index in [9.17, 15) is 9.59 Å². The van der Waals surface area contributed by atoms with Crippen molar-refractivity contribution >= 4 is 29.1 Å². The largest absolute Gasteiger partial charge is 0.512 e. The van der Waals surface area contributed by atoms with E-state index in [2.05, 4.69) is 6.92 Å². The Morgan fingerprint density at radius 2 is 1.81 bits per heavy atom. The molecule has 1 aliphatic rings. The minimum Gasteiger partial charge on any atom is -0.449 e. The van der Waals surface area contributed by atoms with E-state index in [1.54, 1.807) is 11.9 Å². The van der Waals surface area contributed by atoms with Crippen LogP contribution in [0.25, 0.3) is 10.4 Å². The lowest BCUT2D eigenvalue weighted by atomic mass is 9.82. The highest BCUT2D eigenvalue weighted by Crippen LogP contribution is 2.43. The summed E-state index contributed by atoms with van der Waals surface area (Å²) in [4.78, 5) is 26.4. The lowest BCUT2D eigenvalue weighted by Gasteiger charge is -2.28. The number of benzene rings is 1. The molecule has 26 heavy (non-hydrogen) atoms. The Morgan fingerprint density at radius 3 is 2.42 bits per heavy atom. The molecule has 0 spiro atoms. The molecule has 0 radical (unpaired) electrons. The molecule has 1 N–H and O–H groups in total. The normalized spacial score (nSPS) is 19.8.